The number of para-hydroxylation sites is 2. The highest BCUT2D eigenvalue weighted by Crippen LogP contribution is 2.17. The number of nitrogens with zero attached hydrogens (tertiary/aromatic N) is 3. The molecular formula is C22H27Cl2N3O. The van der Waals surface area contributed by atoms with Gasteiger partial charge in [-0.05, 0) is 56.6 Å². The average Bonchev–Trinajstić information content (AvgIpc) is 2.68. The van der Waals surface area contributed by atoms with E-state index in [1.807, 2.05) is 60.0 Å². The lowest BCUT2D eigenvalue weighted by Gasteiger charge is -2.26. The van der Waals surface area contributed by atoms with Crippen molar-refractivity contribution in [3.63, 3.8) is 0 Å². The molecule has 28 heavy (non-hydrogen) atoms. The van der Waals surface area contributed by atoms with Crippen molar-refractivity contribution in [2.75, 3.05) is 19.6 Å². The van der Waals surface area contributed by atoms with Gasteiger partial charge in [0.1, 0.15) is 5.82 Å². The van der Waals surface area contributed by atoms with Gasteiger partial charge >= 0.3 is 0 Å². The summed E-state index contributed by atoms with van der Waals surface area (Å²) in [6, 6.07) is 15.7. The first kappa shape index (κ1) is 22.4. The van der Waals surface area contributed by atoms with Crippen LogP contribution in [0.1, 0.15) is 30.7 Å². The zero-order chi connectivity index (χ0) is 17.9. The number of benzene rings is 2. The zero-order valence-electron chi connectivity index (χ0n) is 16.1. The van der Waals surface area contributed by atoms with Crippen LogP contribution in [0, 0.1) is 6.92 Å². The molecule has 6 heteroatoms. The van der Waals surface area contributed by atoms with Gasteiger partial charge in [-0.15, -0.1) is 24.8 Å². The van der Waals surface area contributed by atoms with Gasteiger partial charge in [-0.3, -0.25) is 9.36 Å². The van der Waals surface area contributed by atoms with Crippen LogP contribution in [0.15, 0.2) is 53.3 Å². The molecule has 0 atom stereocenters. The molecule has 0 radical (unpaired) electrons. The first-order valence-corrected chi connectivity index (χ1v) is 9.53. The van der Waals surface area contributed by atoms with Crippen LogP contribution in [-0.4, -0.2) is 34.1 Å². The predicted molar refractivity (Wildman–Crippen MR) is 121 cm³/mol. The fourth-order valence-corrected chi connectivity index (χ4v) is 3.85. The van der Waals surface area contributed by atoms with E-state index in [4.69, 9.17) is 4.98 Å². The second-order valence-electron chi connectivity index (χ2n) is 7.12. The summed E-state index contributed by atoms with van der Waals surface area (Å²) in [6.07, 6.45) is 4.67. The van der Waals surface area contributed by atoms with Crippen LogP contribution < -0.4 is 5.56 Å². The van der Waals surface area contributed by atoms with E-state index in [-0.39, 0.29) is 30.4 Å². The molecule has 0 N–H and O–H groups in total. The second-order valence-corrected chi connectivity index (χ2v) is 7.12. The van der Waals surface area contributed by atoms with Gasteiger partial charge in [0.05, 0.1) is 16.6 Å². The van der Waals surface area contributed by atoms with E-state index in [1.165, 1.54) is 19.3 Å². The Morgan fingerprint density at radius 2 is 1.61 bits per heavy atom. The summed E-state index contributed by atoms with van der Waals surface area (Å²) in [4.78, 5) is 20.6. The molecule has 0 aliphatic carbocycles. The van der Waals surface area contributed by atoms with Crippen LogP contribution in [-0.2, 0) is 6.42 Å². The summed E-state index contributed by atoms with van der Waals surface area (Å²) in [5.74, 6) is 0.855. The fraction of sp³-hybridized carbons (Fsp3) is 0.364. The Kier molecular flexibility index (Phi) is 8.05. The van der Waals surface area contributed by atoms with Gasteiger partial charge in [-0.2, -0.15) is 0 Å². The van der Waals surface area contributed by atoms with Crippen molar-refractivity contribution in [3.8, 4) is 5.69 Å². The Morgan fingerprint density at radius 1 is 0.929 bits per heavy atom. The Labute approximate surface area is 178 Å². The molecule has 0 saturated carbocycles. The summed E-state index contributed by atoms with van der Waals surface area (Å²) in [7, 11) is 0. The van der Waals surface area contributed by atoms with E-state index in [2.05, 4.69) is 4.90 Å². The quantitative estimate of drug-likeness (QED) is 0.621. The molecule has 1 aromatic heterocycles. The van der Waals surface area contributed by atoms with Crippen molar-refractivity contribution in [1.29, 1.82) is 0 Å². The van der Waals surface area contributed by atoms with Crippen LogP contribution in [0.3, 0.4) is 0 Å². The number of piperidine rings is 1. The molecule has 0 amide bonds. The minimum atomic E-state index is 0. The normalized spacial score (nSPS) is 14.3. The van der Waals surface area contributed by atoms with Crippen LogP contribution >= 0.6 is 24.8 Å². The molecule has 4 nitrogen and oxygen atoms in total. The van der Waals surface area contributed by atoms with Crippen molar-refractivity contribution < 1.29 is 0 Å². The number of aromatic nitrogens is 2. The van der Waals surface area contributed by atoms with Crippen LogP contribution in [0.2, 0.25) is 0 Å². The number of aryl methyl sites for hydroxylation is 1. The van der Waals surface area contributed by atoms with E-state index in [0.29, 0.717) is 5.39 Å². The SMILES string of the molecule is Cc1ccccc1-n1c(CCN2CCCCC2)nc2ccccc2c1=O.Cl.Cl. The van der Waals surface area contributed by atoms with E-state index in [0.717, 1.165) is 48.6 Å². The number of likely N-dealkylation sites (tertiary alicyclic amines) is 1. The molecule has 1 saturated heterocycles. The molecule has 1 fully saturated rings. The largest absolute Gasteiger partial charge is 0.303 e. The lowest BCUT2D eigenvalue weighted by Crippen LogP contribution is -2.33. The molecule has 1 aliphatic heterocycles. The Morgan fingerprint density at radius 3 is 2.36 bits per heavy atom. The molecule has 0 bridgehead atoms. The Bertz CT molecular complexity index is 981. The summed E-state index contributed by atoms with van der Waals surface area (Å²) in [6.45, 7) is 5.31. The lowest BCUT2D eigenvalue weighted by molar-refractivity contribution is 0.230. The predicted octanol–water partition coefficient (Wildman–Crippen LogP) is 4.57. The monoisotopic (exact) mass is 419 g/mol. The number of fused-ring (bicyclic) bond motifs is 1. The highest BCUT2D eigenvalue weighted by atomic mass is 35.5. The molecule has 1 aliphatic rings. The van der Waals surface area contributed by atoms with Crippen LogP contribution in [0.25, 0.3) is 16.6 Å². The van der Waals surface area contributed by atoms with Gasteiger partial charge < -0.3 is 4.90 Å². The maximum atomic E-state index is 13.3. The van der Waals surface area contributed by atoms with Crippen molar-refractivity contribution in [1.82, 2.24) is 14.5 Å². The van der Waals surface area contributed by atoms with Crippen LogP contribution in [0.4, 0.5) is 0 Å². The summed E-state index contributed by atoms with van der Waals surface area (Å²) in [5.41, 5.74) is 2.84. The van der Waals surface area contributed by atoms with Crippen molar-refractivity contribution in [3.05, 3.63) is 70.3 Å². The zero-order valence-corrected chi connectivity index (χ0v) is 17.8. The van der Waals surface area contributed by atoms with Crippen molar-refractivity contribution in [2.45, 2.75) is 32.6 Å². The van der Waals surface area contributed by atoms with Crippen LogP contribution in [0.5, 0.6) is 0 Å². The molecule has 0 unspecified atom stereocenters. The highest BCUT2D eigenvalue weighted by Gasteiger charge is 2.16. The lowest BCUT2D eigenvalue weighted by atomic mass is 10.1. The average molecular weight is 420 g/mol. The summed E-state index contributed by atoms with van der Waals surface area (Å²) >= 11 is 0. The first-order chi connectivity index (χ1) is 12.7. The van der Waals surface area contributed by atoms with Crippen molar-refractivity contribution >= 4 is 35.7 Å². The van der Waals surface area contributed by atoms with E-state index in [1.54, 1.807) is 0 Å². The van der Waals surface area contributed by atoms with Gasteiger partial charge in [0, 0.05) is 13.0 Å². The molecule has 150 valence electrons. The van der Waals surface area contributed by atoms with E-state index < -0.39 is 0 Å². The number of hydrogen-bond donors (Lipinski definition) is 0. The first-order valence-electron chi connectivity index (χ1n) is 9.53. The molecule has 2 heterocycles. The van der Waals surface area contributed by atoms with Gasteiger partial charge in [0.15, 0.2) is 0 Å². The third-order valence-electron chi connectivity index (χ3n) is 5.30. The molecular weight excluding hydrogens is 393 g/mol. The Balaban J connectivity index is 0.00000140. The Hall–Kier alpha value is -1.88. The fourth-order valence-electron chi connectivity index (χ4n) is 3.85. The maximum absolute atomic E-state index is 13.3. The number of halogens is 2. The standard InChI is InChI=1S/C22H25N3O.2ClH/c1-17-9-3-6-12-20(17)25-21(13-16-24-14-7-2-8-15-24)23-19-11-5-4-10-18(19)22(25)26;;/h3-6,9-12H,2,7-8,13-16H2,1H3;2*1H. The van der Waals surface area contributed by atoms with E-state index in [9.17, 15) is 4.79 Å². The summed E-state index contributed by atoms with van der Waals surface area (Å²) in [5, 5.41) is 0.678. The van der Waals surface area contributed by atoms with Gasteiger partial charge in [-0.25, -0.2) is 4.98 Å². The van der Waals surface area contributed by atoms with Gasteiger partial charge in [-0.1, -0.05) is 36.8 Å². The second kappa shape index (κ2) is 10.1. The van der Waals surface area contributed by atoms with E-state index >= 15 is 0 Å². The molecule has 2 aromatic carbocycles. The van der Waals surface area contributed by atoms with Gasteiger partial charge in [0.25, 0.3) is 5.56 Å². The minimum absolute atomic E-state index is 0. The van der Waals surface area contributed by atoms with Gasteiger partial charge in [0.2, 0.25) is 0 Å². The molecule has 0 spiro atoms. The topological polar surface area (TPSA) is 38.1 Å². The third-order valence-corrected chi connectivity index (χ3v) is 5.30. The molecule has 4 rings (SSSR count). The highest BCUT2D eigenvalue weighted by molar-refractivity contribution is 5.85. The minimum Gasteiger partial charge on any atom is -0.303 e. The summed E-state index contributed by atoms with van der Waals surface area (Å²) < 4.78 is 1.82. The third kappa shape index (κ3) is 4.57. The maximum Gasteiger partial charge on any atom is 0.265 e. The van der Waals surface area contributed by atoms with Crippen molar-refractivity contribution in [2.24, 2.45) is 0 Å². The smallest absolute Gasteiger partial charge is 0.265 e. The number of hydrogen-bond acceptors (Lipinski definition) is 3. The molecule has 3 aromatic rings. The number of rotatable bonds is 4.